The highest BCUT2D eigenvalue weighted by Crippen LogP contribution is 2.34. The minimum absolute atomic E-state index is 0.184. The van der Waals surface area contributed by atoms with Gasteiger partial charge in [0.25, 0.3) is 11.8 Å². The van der Waals surface area contributed by atoms with Gasteiger partial charge in [-0.25, -0.2) is 4.39 Å². The van der Waals surface area contributed by atoms with E-state index in [2.05, 4.69) is 15.5 Å². The third kappa shape index (κ3) is 3.71. The summed E-state index contributed by atoms with van der Waals surface area (Å²) in [5, 5.41) is 6.73. The first kappa shape index (κ1) is 18.1. The van der Waals surface area contributed by atoms with E-state index in [0.717, 1.165) is 6.42 Å². The van der Waals surface area contributed by atoms with E-state index in [1.165, 1.54) is 24.3 Å². The number of anilines is 1. The molecule has 1 atom stereocenters. The lowest BCUT2D eigenvalue weighted by atomic mass is 9.87. The zero-order valence-corrected chi connectivity index (χ0v) is 15.1. The van der Waals surface area contributed by atoms with Gasteiger partial charge in [0.1, 0.15) is 11.5 Å². The molecule has 8 heteroatoms. The SMILES string of the molecule is O=C(Nc1cccnc1)C1=NO[C@@]2(CCCN(C(=O)c3ccc(F)cc3)C2)C1. The van der Waals surface area contributed by atoms with E-state index in [0.29, 0.717) is 42.9 Å². The van der Waals surface area contributed by atoms with Gasteiger partial charge in [0.2, 0.25) is 0 Å². The summed E-state index contributed by atoms with van der Waals surface area (Å²) in [5.41, 5.74) is 0.593. The quantitative estimate of drug-likeness (QED) is 0.885. The van der Waals surface area contributed by atoms with Crippen LogP contribution in [0.1, 0.15) is 29.6 Å². The van der Waals surface area contributed by atoms with Crippen LogP contribution in [0, 0.1) is 5.82 Å². The van der Waals surface area contributed by atoms with Gasteiger partial charge in [0.15, 0.2) is 5.60 Å². The second-order valence-electron chi connectivity index (χ2n) is 7.02. The van der Waals surface area contributed by atoms with Crippen LogP contribution in [0.15, 0.2) is 53.9 Å². The molecule has 1 fully saturated rings. The van der Waals surface area contributed by atoms with Crippen molar-refractivity contribution in [3.8, 4) is 0 Å². The Morgan fingerprint density at radius 3 is 2.79 bits per heavy atom. The topological polar surface area (TPSA) is 83.9 Å². The molecule has 2 aliphatic rings. The summed E-state index contributed by atoms with van der Waals surface area (Å²) >= 11 is 0. The van der Waals surface area contributed by atoms with Crippen LogP contribution in [0.3, 0.4) is 0 Å². The predicted octanol–water partition coefficient (Wildman–Crippen LogP) is 2.61. The molecule has 144 valence electrons. The Kier molecular flexibility index (Phi) is 4.77. The Morgan fingerprint density at radius 2 is 2.04 bits per heavy atom. The monoisotopic (exact) mass is 382 g/mol. The number of aromatic nitrogens is 1. The molecule has 1 aromatic carbocycles. The molecule has 0 bridgehead atoms. The van der Waals surface area contributed by atoms with Crippen molar-refractivity contribution in [3.63, 3.8) is 0 Å². The average Bonchev–Trinajstić information content (AvgIpc) is 3.12. The van der Waals surface area contributed by atoms with Gasteiger partial charge in [-0.05, 0) is 49.2 Å². The summed E-state index contributed by atoms with van der Waals surface area (Å²) in [5.74, 6) is -0.911. The van der Waals surface area contributed by atoms with Crippen molar-refractivity contribution in [2.75, 3.05) is 18.4 Å². The molecular formula is C20H19FN4O3. The van der Waals surface area contributed by atoms with Crippen LogP contribution < -0.4 is 5.32 Å². The van der Waals surface area contributed by atoms with Crippen LogP contribution in [0.25, 0.3) is 0 Å². The molecule has 2 aliphatic heterocycles. The molecule has 0 unspecified atom stereocenters. The summed E-state index contributed by atoms with van der Waals surface area (Å²) in [6, 6.07) is 8.94. The first-order chi connectivity index (χ1) is 13.5. The van der Waals surface area contributed by atoms with E-state index in [-0.39, 0.29) is 17.6 Å². The van der Waals surface area contributed by atoms with Crippen LogP contribution in [0.2, 0.25) is 0 Å². The van der Waals surface area contributed by atoms with Gasteiger partial charge in [-0.15, -0.1) is 0 Å². The molecule has 1 spiro atoms. The van der Waals surface area contributed by atoms with Crippen LogP contribution in [-0.4, -0.2) is 46.1 Å². The largest absolute Gasteiger partial charge is 0.386 e. The Hall–Kier alpha value is -3.29. The van der Waals surface area contributed by atoms with Crippen molar-refractivity contribution in [1.29, 1.82) is 0 Å². The number of halogens is 1. The Labute approximate surface area is 161 Å². The number of amides is 2. The van der Waals surface area contributed by atoms with Crippen LogP contribution in [-0.2, 0) is 9.63 Å². The van der Waals surface area contributed by atoms with Gasteiger partial charge in [-0.3, -0.25) is 14.6 Å². The van der Waals surface area contributed by atoms with E-state index in [1.807, 2.05) is 0 Å². The Bertz CT molecular complexity index is 917. The van der Waals surface area contributed by atoms with E-state index < -0.39 is 5.60 Å². The zero-order valence-electron chi connectivity index (χ0n) is 15.1. The van der Waals surface area contributed by atoms with Crippen molar-refractivity contribution < 1.29 is 18.8 Å². The number of hydrogen-bond donors (Lipinski definition) is 1. The first-order valence-corrected chi connectivity index (χ1v) is 9.06. The number of benzene rings is 1. The zero-order chi connectivity index (χ0) is 19.6. The number of oxime groups is 1. The fourth-order valence-corrected chi connectivity index (χ4v) is 3.55. The number of carbonyl (C=O) groups excluding carboxylic acids is 2. The highest BCUT2D eigenvalue weighted by Gasteiger charge is 2.45. The third-order valence-corrected chi connectivity index (χ3v) is 4.94. The predicted molar refractivity (Wildman–Crippen MR) is 100 cm³/mol. The fourth-order valence-electron chi connectivity index (χ4n) is 3.55. The smallest absolute Gasteiger partial charge is 0.273 e. The number of piperidine rings is 1. The molecule has 4 rings (SSSR count). The van der Waals surface area contributed by atoms with E-state index in [1.54, 1.807) is 29.4 Å². The average molecular weight is 382 g/mol. The highest BCUT2D eigenvalue weighted by atomic mass is 19.1. The molecule has 1 aromatic heterocycles. The number of carbonyl (C=O) groups is 2. The lowest BCUT2D eigenvalue weighted by Crippen LogP contribution is -2.50. The van der Waals surface area contributed by atoms with Crippen molar-refractivity contribution >= 4 is 23.2 Å². The number of rotatable bonds is 3. The summed E-state index contributed by atoms with van der Waals surface area (Å²) in [4.78, 5) is 36.5. The highest BCUT2D eigenvalue weighted by molar-refractivity contribution is 6.43. The minimum atomic E-state index is -0.699. The number of pyridine rings is 1. The second kappa shape index (κ2) is 7.38. The summed E-state index contributed by atoms with van der Waals surface area (Å²) in [6.07, 6.45) is 4.93. The molecule has 2 aromatic rings. The molecule has 1 N–H and O–H groups in total. The van der Waals surface area contributed by atoms with Crippen molar-refractivity contribution in [3.05, 3.63) is 60.2 Å². The van der Waals surface area contributed by atoms with E-state index >= 15 is 0 Å². The molecule has 1 saturated heterocycles. The minimum Gasteiger partial charge on any atom is -0.386 e. The lowest BCUT2D eigenvalue weighted by Gasteiger charge is -2.38. The molecule has 28 heavy (non-hydrogen) atoms. The molecule has 0 aliphatic carbocycles. The third-order valence-electron chi connectivity index (χ3n) is 4.94. The maximum Gasteiger partial charge on any atom is 0.273 e. The van der Waals surface area contributed by atoms with Crippen LogP contribution in [0.4, 0.5) is 10.1 Å². The van der Waals surface area contributed by atoms with Gasteiger partial charge >= 0.3 is 0 Å². The number of likely N-dealkylation sites (tertiary alicyclic amines) is 1. The molecule has 7 nitrogen and oxygen atoms in total. The standard InChI is InChI=1S/C20H19FN4O3/c21-15-6-4-14(5-7-15)19(27)25-10-2-8-20(13-25)11-17(24-28-20)18(26)23-16-3-1-9-22-12-16/h1,3-7,9,12H,2,8,10-11,13H2,(H,23,26)/t20-/m0/s1. The van der Waals surface area contributed by atoms with Gasteiger partial charge in [0.05, 0.1) is 18.4 Å². The summed E-state index contributed by atoms with van der Waals surface area (Å²) in [7, 11) is 0. The molecular weight excluding hydrogens is 363 g/mol. The second-order valence-corrected chi connectivity index (χ2v) is 7.02. The van der Waals surface area contributed by atoms with Gasteiger partial charge in [-0.2, -0.15) is 0 Å². The Morgan fingerprint density at radius 1 is 1.21 bits per heavy atom. The van der Waals surface area contributed by atoms with Crippen molar-refractivity contribution in [2.24, 2.45) is 5.16 Å². The summed E-state index contributed by atoms with van der Waals surface area (Å²) in [6.45, 7) is 0.912. The van der Waals surface area contributed by atoms with Gasteiger partial charge in [0, 0.05) is 24.7 Å². The fraction of sp³-hybridized carbons (Fsp3) is 0.300. The first-order valence-electron chi connectivity index (χ1n) is 9.06. The normalized spacial score (nSPS) is 21.2. The van der Waals surface area contributed by atoms with Crippen LogP contribution in [0.5, 0.6) is 0 Å². The number of nitrogens with zero attached hydrogens (tertiary/aromatic N) is 3. The van der Waals surface area contributed by atoms with Crippen molar-refractivity contribution in [2.45, 2.75) is 24.9 Å². The van der Waals surface area contributed by atoms with E-state index in [4.69, 9.17) is 4.84 Å². The molecule has 3 heterocycles. The van der Waals surface area contributed by atoms with Gasteiger partial charge < -0.3 is 15.1 Å². The molecule has 0 saturated carbocycles. The Balaban J connectivity index is 1.41. The van der Waals surface area contributed by atoms with Crippen molar-refractivity contribution in [1.82, 2.24) is 9.88 Å². The number of hydrogen-bond acceptors (Lipinski definition) is 5. The summed E-state index contributed by atoms with van der Waals surface area (Å²) < 4.78 is 13.1. The maximum absolute atomic E-state index is 13.1. The molecule has 2 amide bonds. The molecule has 0 radical (unpaired) electrons. The van der Waals surface area contributed by atoms with Gasteiger partial charge in [-0.1, -0.05) is 5.16 Å². The van der Waals surface area contributed by atoms with E-state index in [9.17, 15) is 14.0 Å². The van der Waals surface area contributed by atoms with Crippen LogP contribution >= 0.6 is 0 Å². The lowest BCUT2D eigenvalue weighted by molar-refractivity contribution is -0.110. The number of nitrogens with one attached hydrogen (secondary N) is 1. The maximum atomic E-state index is 13.1.